The van der Waals surface area contributed by atoms with E-state index in [4.69, 9.17) is 10.8 Å². The number of nitrogens with two attached hydrogens (primary N) is 1. The summed E-state index contributed by atoms with van der Waals surface area (Å²) in [6.07, 6.45) is -0.608. The lowest BCUT2D eigenvalue weighted by Gasteiger charge is -2.42. The lowest BCUT2D eigenvalue weighted by atomic mass is 9.64. The van der Waals surface area contributed by atoms with Gasteiger partial charge in [-0.2, -0.15) is 0 Å². The van der Waals surface area contributed by atoms with Gasteiger partial charge in [0, 0.05) is 0 Å². The van der Waals surface area contributed by atoms with Gasteiger partial charge >= 0.3 is 5.97 Å². The molecule has 1 amide bonds. The van der Waals surface area contributed by atoms with Crippen molar-refractivity contribution in [3.05, 3.63) is 0 Å². The second kappa shape index (κ2) is 8.11. The molecule has 0 rings (SSSR count). The summed E-state index contributed by atoms with van der Waals surface area (Å²) < 4.78 is 0. The molecule has 23 heavy (non-hydrogen) atoms. The lowest BCUT2D eigenvalue weighted by molar-refractivity contribution is -0.139. The minimum Gasteiger partial charge on any atom is -0.481 e. The van der Waals surface area contributed by atoms with Crippen LogP contribution in [0.25, 0.3) is 0 Å². The molecule has 0 aliphatic heterocycles. The molecule has 0 aromatic heterocycles. The Balaban J connectivity index is 4.79. The van der Waals surface area contributed by atoms with E-state index in [1.165, 1.54) is 0 Å². The first-order valence-corrected chi connectivity index (χ1v) is 8.12. The molecule has 136 valence electrons. The average Bonchev–Trinajstić information content (AvgIpc) is 2.31. The normalized spacial score (nSPS) is 16.8. The molecule has 6 heteroatoms. The zero-order valence-corrected chi connectivity index (χ0v) is 15.5. The molecule has 0 radical (unpaired) electrons. The van der Waals surface area contributed by atoms with Crippen LogP contribution in [-0.2, 0) is 9.59 Å². The molecule has 5 N–H and O–H groups in total. The van der Waals surface area contributed by atoms with Crippen LogP contribution >= 0.6 is 0 Å². The third-order valence-electron chi connectivity index (χ3n) is 4.25. The molecule has 0 saturated carbocycles. The molecule has 0 saturated heterocycles. The van der Waals surface area contributed by atoms with Crippen LogP contribution < -0.4 is 11.1 Å². The standard InChI is InChI=1S/C17H34N2O4/c1-10(19-15(23)11(18)8-14(21)22)12(20)9-13(16(2,3)4)17(5,6)7/h10-13,20H,8-9,18H2,1-7H3,(H,19,23)(H,21,22)/t10?,11-,12?/m0/s1. The van der Waals surface area contributed by atoms with Crippen molar-refractivity contribution in [1.29, 1.82) is 0 Å². The fraction of sp³-hybridized carbons (Fsp3) is 0.882. The Morgan fingerprint density at radius 2 is 1.52 bits per heavy atom. The molecule has 2 unspecified atom stereocenters. The Kier molecular flexibility index (Phi) is 7.70. The van der Waals surface area contributed by atoms with Gasteiger partial charge in [0.2, 0.25) is 5.91 Å². The molecular formula is C17H34N2O4. The zero-order chi connectivity index (χ0) is 18.6. The third-order valence-corrected chi connectivity index (χ3v) is 4.25. The molecule has 0 aliphatic carbocycles. The van der Waals surface area contributed by atoms with Crippen LogP contribution in [0.3, 0.4) is 0 Å². The number of rotatable bonds is 7. The molecule has 0 spiro atoms. The highest BCUT2D eigenvalue weighted by molar-refractivity contribution is 5.86. The molecular weight excluding hydrogens is 296 g/mol. The van der Waals surface area contributed by atoms with Gasteiger partial charge in [0.25, 0.3) is 0 Å². The maximum Gasteiger partial charge on any atom is 0.305 e. The van der Waals surface area contributed by atoms with E-state index in [0.717, 1.165) is 0 Å². The molecule has 3 atom stereocenters. The van der Waals surface area contributed by atoms with E-state index in [0.29, 0.717) is 6.42 Å². The van der Waals surface area contributed by atoms with Crippen molar-refractivity contribution >= 4 is 11.9 Å². The number of hydrogen-bond donors (Lipinski definition) is 4. The maximum atomic E-state index is 11.9. The highest BCUT2D eigenvalue weighted by Gasteiger charge is 2.37. The van der Waals surface area contributed by atoms with Crippen LogP contribution in [0.1, 0.15) is 61.3 Å². The fourth-order valence-corrected chi connectivity index (χ4v) is 3.16. The molecule has 6 nitrogen and oxygen atoms in total. The van der Waals surface area contributed by atoms with Crippen LogP contribution in [-0.4, -0.2) is 40.3 Å². The minimum absolute atomic E-state index is 0.0165. The van der Waals surface area contributed by atoms with E-state index in [9.17, 15) is 14.7 Å². The summed E-state index contributed by atoms with van der Waals surface area (Å²) in [4.78, 5) is 22.5. The SMILES string of the molecule is CC(NC(=O)[C@@H](N)CC(=O)O)C(O)CC(C(C)(C)C)C(C)(C)C. The Labute approximate surface area is 139 Å². The Morgan fingerprint density at radius 1 is 1.09 bits per heavy atom. The summed E-state index contributed by atoms with van der Waals surface area (Å²) >= 11 is 0. The van der Waals surface area contributed by atoms with Crippen LogP contribution in [0.2, 0.25) is 0 Å². The largest absolute Gasteiger partial charge is 0.481 e. The van der Waals surface area contributed by atoms with E-state index in [1.54, 1.807) is 6.92 Å². The summed E-state index contributed by atoms with van der Waals surface area (Å²) in [5.41, 5.74) is 5.56. The molecule has 0 aromatic carbocycles. The van der Waals surface area contributed by atoms with Crippen LogP contribution in [0.15, 0.2) is 0 Å². The number of carboxylic acid groups (broad SMARTS) is 1. The van der Waals surface area contributed by atoms with Crippen molar-refractivity contribution in [2.45, 2.75) is 79.5 Å². The first-order chi connectivity index (χ1) is 10.2. The molecule has 0 aromatic rings. The first-order valence-electron chi connectivity index (χ1n) is 8.12. The van der Waals surface area contributed by atoms with Gasteiger partial charge in [0.15, 0.2) is 0 Å². The Morgan fingerprint density at radius 3 is 1.87 bits per heavy atom. The third kappa shape index (κ3) is 7.79. The van der Waals surface area contributed by atoms with Gasteiger partial charge in [0.1, 0.15) is 0 Å². The van der Waals surface area contributed by atoms with Gasteiger partial charge in [-0.1, -0.05) is 41.5 Å². The molecule has 0 heterocycles. The predicted octanol–water partition coefficient (Wildman–Crippen LogP) is 1.75. The molecule has 0 aliphatic rings. The van der Waals surface area contributed by atoms with Crippen molar-refractivity contribution in [1.82, 2.24) is 5.32 Å². The maximum absolute atomic E-state index is 11.9. The van der Waals surface area contributed by atoms with Crippen molar-refractivity contribution in [3.63, 3.8) is 0 Å². The quantitative estimate of drug-likeness (QED) is 0.568. The second-order valence-electron chi connectivity index (χ2n) is 8.59. The average molecular weight is 330 g/mol. The van der Waals surface area contributed by atoms with Gasteiger partial charge < -0.3 is 21.3 Å². The van der Waals surface area contributed by atoms with E-state index < -0.39 is 36.5 Å². The van der Waals surface area contributed by atoms with Gasteiger partial charge in [0.05, 0.1) is 24.6 Å². The van der Waals surface area contributed by atoms with Crippen molar-refractivity contribution < 1.29 is 19.8 Å². The van der Waals surface area contributed by atoms with Gasteiger partial charge in [-0.3, -0.25) is 9.59 Å². The van der Waals surface area contributed by atoms with Crippen LogP contribution in [0, 0.1) is 16.7 Å². The summed E-state index contributed by atoms with van der Waals surface area (Å²) in [5.74, 6) is -1.43. The van der Waals surface area contributed by atoms with Gasteiger partial charge in [-0.15, -0.1) is 0 Å². The van der Waals surface area contributed by atoms with Gasteiger partial charge in [-0.05, 0) is 30.1 Å². The lowest BCUT2D eigenvalue weighted by Crippen LogP contribution is -2.50. The van der Waals surface area contributed by atoms with Crippen LogP contribution in [0.5, 0.6) is 0 Å². The summed E-state index contributed by atoms with van der Waals surface area (Å²) in [6.45, 7) is 14.5. The second-order valence-corrected chi connectivity index (χ2v) is 8.59. The van der Waals surface area contributed by atoms with Crippen molar-refractivity contribution in [2.24, 2.45) is 22.5 Å². The van der Waals surface area contributed by atoms with Crippen molar-refractivity contribution in [3.8, 4) is 0 Å². The Hall–Kier alpha value is -1.14. The summed E-state index contributed by atoms with van der Waals surface area (Å²) in [7, 11) is 0. The number of aliphatic hydroxyl groups excluding tert-OH is 1. The van der Waals surface area contributed by atoms with E-state index in [2.05, 4.69) is 46.9 Å². The summed E-state index contributed by atoms with van der Waals surface area (Å²) in [5, 5.41) is 21.7. The van der Waals surface area contributed by atoms with E-state index >= 15 is 0 Å². The fourth-order valence-electron chi connectivity index (χ4n) is 3.16. The van der Waals surface area contributed by atoms with Crippen molar-refractivity contribution in [2.75, 3.05) is 0 Å². The van der Waals surface area contributed by atoms with Gasteiger partial charge in [-0.25, -0.2) is 0 Å². The number of nitrogens with one attached hydrogen (secondary N) is 1. The highest BCUT2D eigenvalue weighted by atomic mass is 16.4. The van der Waals surface area contributed by atoms with E-state index in [-0.39, 0.29) is 16.7 Å². The predicted molar refractivity (Wildman–Crippen MR) is 90.9 cm³/mol. The number of carboxylic acids is 1. The molecule has 0 bridgehead atoms. The topological polar surface area (TPSA) is 113 Å². The number of carbonyl (C=O) groups excluding carboxylic acids is 1. The zero-order valence-electron chi connectivity index (χ0n) is 15.5. The first kappa shape index (κ1) is 21.9. The summed E-state index contributed by atoms with van der Waals surface area (Å²) in [6, 6.07) is -1.60. The smallest absolute Gasteiger partial charge is 0.305 e. The highest BCUT2D eigenvalue weighted by Crippen LogP contribution is 2.42. The number of aliphatic carboxylic acids is 1. The number of hydrogen-bond acceptors (Lipinski definition) is 4. The Bertz CT molecular complexity index is 396. The number of aliphatic hydroxyl groups is 1. The number of amides is 1. The van der Waals surface area contributed by atoms with Crippen LogP contribution in [0.4, 0.5) is 0 Å². The minimum atomic E-state index is -1.12. The monoisotopic (exact) mass is 330 g/mol. The molecule has 0 fully saturated rings. The number of carbonyl (C=O) groups is 2. The van der Waals surface area contributed by atoms with E-state index in [1.807, 2.05) is 0 Å².